The summed E-state index contributed by atoms with van der Waals surface area (Å²) in [6.45, 7) is 2.85. The van der Waals surface area contributed by atoms with Crippen molar-refractivity contribution in [3.63, 3.8) is 0 Å². The van der Waals surface area contributed by atoms with Crippen molar-refractivity contribution in [1.82, 2.24) is 4.90 Å². The van der Waals surface area contributed by atoms with Gasteiger partial charge < -0.3 is 11.5 Å². The van der Waals surface area contributed by atoms with E-state index in [9.17, 15) is 0 Å². The van der Waals surface area contributed by atoms with E-state index in [0.29, 0.717) is 19.2 Å². The number of hydrogen-bond donors (Lipinski definition) is 2. The molecule has 0 rings (SSSR count). The zero-order valence-electron chi connectivity index (χ0n) is 5.96. The summed E-state index contributed by atoms with van der Waals surface area (Å²) in [4.78, 5) is 5.79. The summed E-state index contributed by atoms with van der Waals surface area (Å²) in [5.41, 5.74) is 10.6. The second kappa shape index (κ2) is 4.29. The molecule has 0 heterocycles. The average Bonchev–Trinajstić information content (AvgIpc) is 1.83. The van der Waals surface area contributed by atoms with Crippen molar-refractivity contribution in [3.05, 3.63) is 0 Å². The second-order valence-electron chi connectivity index (χ2n) is 1.98. The number of nitrogens with two attached hydrogens (primary N) is 2. The maximum absolute atomic E-state index is 5.28. The lowest BCUT2D eigenvalue weighted by Crippen LogP contribution is -2.26. The van der Waals surface area contributed by atoms with Crippen LogP contribution in [0.5, 0.6) is 0 Å². The normalized spacial score (nSPS) is 12.7. The van der Waals surface area contributed by atoms with Crippen LogP contribution in [0.3, 0.4) is 0 Å². The van der Waals surface area contributed by atoms with E-state index in [1.807, 2.05) is 11.9 Å². The number of hydrogen-bond acceptors (Lipinski definition) is 3. The van der Waals surface area contributed by atoms with E-state index in [0.717, 1.165) is 0 Å². The van der Waals surface area contributed by atoms with Crippen LogP contribution in [0.15, 0.2) is 4.99 Å². The van der Waals surface area contributed by atoms with Crippen LogP contribution in [0.4, 0.5) is 0 Å². The highest BCUT2D eigenvalue weighted by atomic mass is 15.2. The van der Waals surface area contributed by atoms with Crippen LogP contribution in [-0.4, -0.2) is 31.1 Å². The summed E-state index contributed by atoms with van der Waals surface area (Å²) in [6, 6.07) is 0. The zero-order valence-corrected chi connectivity index (χ0v) is 5.96. The van der Waals surface area contributed by atoms with Crippen LogP contribution in [0.25, 0.3) is 0 Å². The minimum atomic E-state index is 0.511. The molecule has 0 aromatic rings. The topological polar surface area (TPSA) is 67.6 Å². The van der Waals surface area contributed by atoms with Crippen molar-refractivity contribution in [2.75, 3.05) is 20.4 Å². The van der Waals surface area contributed by atoms with Gasteiger partial charge in [-0.2, -0.15) is 0 Å². The minimum absolute atomic E-state index is 0.511. The van der Waals surface area contributed by atoms with Crippen molar-refractivity contribution in [2.24, 2.45) is 16.5 Å². The molecule has 0 unspecified atom stereocenters. The highest BCUT2D eigenvalue weighted by Gasteiger charge is 1.88. The number of aliphatic imine (C=N–C) groups is 1. The Kier molecular flexibility index (Phi) is 4.00. The third kappa shape index (κ3) is 5.26. The molecule has 4 N–H and O–H groups in total. The first-order valence-electron chi connectivity index (χ1n) is 2.82. The standard InChI is InChI=1S/C5H14N4/c1-5(7)8-4-9(2)3-6/h3-4,6H2,1-2H3,(H2,7,8). The molecule has 4 nitrogen and oxygen atoms in total. The Morgan fingerprint density at radius 2 is 2.22 bits per heavy atom. The van der Waals surface area contributed by atoms with Gasteiger partial charge in [0.15, 0.2) is 0 Å². The highest BCUT2D eigenvalue weighted by Crippen LogP contribution is 1.76. The molecule has 0 aromatic carbocycles. The summed E-state index contributed by atoms with van der Waals surface area (Å²) in [6.07, 6.45) is 0. The van der Waals surface area contributed by atoms with E-state index in [2.05, 4.69) is 4.99 Å². The molecule has 0 amide bonds. The third-order valence-corrected chi connectivity index (χ3v) is 0.873. The van der Waals surface area contributed by atoms with Crippen molar-refractivity contribution in [1.29, 1.82) is 0 Å². The molecule has 0 radical (unpaired) electrons. The van der Waals surface area contributed by atoms with Crippen molar-refractivity contribution < 1.29 is 0 Å². The van der Waals surface area contributed by atoms with Crippen LogP contribution >= 0.6 is 0 Å². The SMILES string of the molecule is CC(N)=NCN(C)CN. The Labute approximate surface area is 55.5 Å². The monoisotopic (exact) mass is 130 g/mol. The zero-order chi connectivity index (χ0) is 7.28. The predicted octanol–water partition coefficient (Wildman–Crippen LogP) is -0.831. The fourth-order valence-electron chi connectivity index (χ4n) is 0.290. The summed E-state index contributed by atoms with van der Waals surface area (Å²) >= 11 is 0. The Hall–Kier alpha value is -0.610. The van der Waals surface area contributed by atoms with Gasteiger partial charge in [0.05, 0.1) is 12.5 Å². The summed E-state index contributed by atoms with van der Waals surface area (Å²) in [5.74, 6) is 0.593. The fourth-order valence-corrected chi connectivity index (χ4v) is 0.290. The predicted molar refractivity (Wildman–Crippen MR) is 39.0 cm³/mol. The molecule has 0 bridgehead atoms. The molecular formula is C5H14N4. The summed E-state index contributed by atoms with van der Waals surface area (Å²) < 4.78 is 0. The fraction of sp³-hybridized carbons (Fsp3) is 0.800. The van der Waals surface area contributed by atoms with E-state index in [1.54, 1.807) is 6.92 Å². The van der Waals surface area contributed by atoms with Gasteiger partial charge in [-0.1, -0.05) is 0 Å². The van der Waals surface area contributed by atoms with E-state index in [-0.39, 0.29) is 0 Å². The van der Waals surface area contributed by atoms with Crippen LogP contribution in [0, 0.1) is 0 Å². The van der Waals surface area contributed by atoms with Crippen molar-refractivity contribution in [3.8, 4) is 0 Å². The Morgan fingerprint density at radius 3 is 2.56 bits per heavy atom. The third-order valence-electron chi connectivity index (χ3n) is 0.873. The van der Waals surface area contributed by atoms with Crippen LogP contribution in [0.1, 0.15) is 6.92 Å². The molecule has 0 atom stereocenters. The van der Waals surface area contributed by atoms with Gasteiger partial charge >= 0.3 is 0 Å². The number of amidine groups is 1. The van der Waals surface area contributed by atoms with Crippen LogP contribution < -0.4 is 11.5 Å². The lowest BCUT2D eigenvalue weighted by atomic mass is 10.7. The Balaban J connectivity index is 3.37. The van der Waals surface area contributed by atoms with E-state index in [4.69, 9.17) is 11.5 Å². The van der Waals surface area contributed by atoms with Crippen molar-refractivity contribution >= 4 is 5.84 Å². The van der Waals surface area contributed by atoms with E-state index < -0.39 is 0 Å². The first kappa shape index (κ1) is 8.39. The summed E-state index contributed by atoms with van der Waals surface area (Å²) in [5, 5.41) is 0. The Morgan fingerprint density at radius 1 is 1.67 bits per heavy atom. The van der Waals surface area contributed by atoms with Gasteiger partial charge in [-0.3, -0.25) is 9.89 Å². The highest BCUT2D eigenvalue weighted by molar-refractivity contribution is 5.77. The molecule has 0 saturated carbocycles. The molecular weight excluding hydrogens is 116 g/mol. The number of nitrogens with zero attached hydrogens (tertiary/aromatic N) is 2. The molecule has 0 aliphatic carbocycles. The van der Waals surface area contributed by atoms with Gasteiger partial charge in [0, 0.05) is 6.67 Å². The first-order valence-corrected chi connectivity index (χ1v) is 2.82. The quantitative estimate of drug-likeness (QED) is 0.297. The minimum Gasteiger partial charge on any atom is -0.388 e. The lowest BCUT2D eigenvalue weighted by molar-refractivity contribution is 0.357. The average molecular weight is 130 g/mol. The van der Waals surface area contributed by atoms with Gasteiger partial charge in [-0.15, -0.1) is 0 Å². The van der Waals surface area contributed by atoms with Gasteiger partial charge in [0.2, 0.25) is 0 Å². The molecule has 0 saturated heterocycles. The van der Waals surface area contributed by atoms with Crippen LogP contribution in [-0.2, 0) is 0 Å². The van der Waals surface area contributed by atoms with Gasteiger partial charge in [0.1, 0.15) is 0 Å². The largest absolute Gasteiger partial charge is 0.388 e. The molecule has 0 fully saturated rings. The van der Waals surface area contributed by atoms with E-state index in [1.165, 1.54) is 0 Å². The lowest BCUT2D eigenvalue weighted by Gasteiger charge is -2.08. The first-order chi connectivity index (χ1) is 4.16. The van der Waals surface area contributed by atoms with Gasteiger partial charge in [-0.05, 0) is 14.0 Å². The maximum atomic E-state index is 5.28. The Bertz CT molecular complexity index is 95.1. The number of rotatable bonds is 3. The summed E-state index contributed by atoms with van der Waals surface area (Å²) in [7, 11) is 1.88. The molecule has 0 aliphatic rings. The molecule has 4 heteroatoms. The van der Waals surface area contributed by atoms with Crippen molar-refractivity contribution in [2.45, 2.75) is 6.92 Å². The van der Waals surface area contributed by atoms with Gasteiger partial charge in [0.25, 0.3) is 0 Å². The smallest absolute Gasteiger partial charge is 0.0937 e. The van der Waals surface area contributed by atoms with Crippen LogP contribution in [0.2, 0.25) is 0 Å². The second-order valence-corrected chi connectivity index (χ2v) is 1.98. The van der Waals surface area contributed by atoms with Gasteiger partial charge in [-0.25, -0.2) is 0 Å². The molecule has 9 heavy (non-hydrogen) atoms. The van der Waals surface area contributed by atoms with E-state index >= 15 is 0 Å². The molecule has 0 aliphatic heterocycles. The molecule has 0 aromatic heterocycles. The molecule has 0 spiro atoms. The maximum Gasteiger partial charge on any atom is 0.0937 e. The molecule has 54 valence electrons.